The lowest BCUT2D eigenvalue weighted by atomic mass is 10.0. The molecule has 160 valence electrons. The van der Waals surface area contributed by atoms with E-state index in [1.165, 1.54) is 0 Å². The van der Waals surface area contributed by atoms with Gasteiger partial charge in [0.05, 0.1) is 11.9 Å². The van der Waals surface area contributed by atoms with Gasteiger partial charge in [0, 0.05) is 48.2 Å². The topological polar surface area (TPSA) is 77.0 Å². The summed E-state index contributed by atoms with van der Waals surface area (Å²) < 4.78 is 42.7. The van der Waals surface area contributed by atoms with E-state index in [0.717, 1.165) is 32.7 Å². The Morgan fingerprint density at radius 1 is 1.06 bits per heavy atom. The second-order valence-corrected chi connectivity index (χ2v) is 7.69. The van der Waals surface area contributed by atoms with Crippen LogP contribution in [0.5, 0.6) is 0 Å². The monoisotopic (exact) mass is 428 g/mol. The Bertz CT molecular complexity index is 1300. The molecule has 0 aliphatic carbocycles. The van der Waals surface area contributed by atoms with Crippen molar-refractivity contribution in [3.05, 3.63) is 58.4 Å². The lowest BCUT2D eigenvalue weighted by molar-refractivity contribution is -0.146. The number of rotatable bonds is 2. The first-order chi connectivity index (χ1) is 14.7. The SMILES string of the molecule is Cc1c(N2CCc3ncc(-n4nccc4C)cc3C2)nn2c(C(F)(F)F)nnc2c1C. The van der Waals surface area contributed by atoms with Crippen molar-refractivity contribution in [1.82, 2.24) is 34.6 Å². The third kappa shape index (κ3) is 3.11. The van der Waals surface area contributed by atoms with E-state index in [4.69, 9.17) is 0 Å². The largest absolute Gasteiger partial charge is 0.453 e. The molecule has 0 fully saturated rings. The third-order valence-electron chi connectivity index (χ3n) is 5.72. The highest BCUT2D eigenvalue weighted by Gasteiger charge is 2.38. The zero-order chi connectivity index (χ0) is 21.9. The molecule has 0 N–H and O–H groups in total. The standard InChI is InChI=1S/C20H19F3N8/c1-11-4-6-25-30(11)15-8-14-10-29(7-5-16(14)24-9-15)18-13(3)12(2)17-26-27-19(20(21,22)23)31(17)28-18/h4,6,8-9H,5,7,10H2,1-3H3. The van der Waals surface area contributed by atoms with Gasteiger partial charge in [0.15, 0.2) is 11.5 Å². The fraction of sp³-hybridized carbons (Fsp3) is 0.350. The number of hydrogen-bond acceptors (Lipinski definition) is 6. The number of aryl methyl sites for hydroxylation is 2. The Morgan fingerprint density at radius 3 is 2.58 bits per heavy atom. The van der Waals surface area contributed by atoms with Gasteiger partial charge in [0.2, 0.25) is 0 Å². The van der Waals surface area contributed by atoms with Gasteiger partial charge in [-0.1, -0.05) is 0 Å². The molecule has 0 spiro atoms. The maximum Gasteiger partial charge on any atom is 0.453 e. The molecule has 4 aromatic rings. The highest BCUT2D eigenvalue weighted by atomic mass is 19.4. The van der Waals surface area contributed by atoms with E-state index in [-0.39, 0.29) is 5.65 Å². The van der Waals surface area contributed by atoms with Crippen molar-refractivity contribution in [3.8, 4) is 5.69 Å². The van der Waals surface area contributed by atoms with Crippen molar-refractivity contribution in [2.75, 3.05) is 11.4 Å². The van der Waals surface area contributed by atoms with Gasteiger partial charge in [-0.05, 0) is 38.5 Å². The van der Waals surface area contributed by atoms with Crippen LogP contribution in [0.25, 0.3) is 11.3 Å². The number of pyridine rings is 1. The summed E-state index contributed by atoms with van der Waals surface area (Å²) in [7, 11) is 0. The van der Waals surface area contributed by atoms with E-state index in [1.54, 1.807) is 24.0 Å². The molecular weight excluding hydrogens is 409 g/mol. The zero-order valence-electron chi connectivity index (χ0n) is 17.1. The molecule has 8 nitrogen and oxygen atoms in total. The van der Waals surface area contributed by atoms with Gasteiger partial charge in [0.1, 0.15) is 0 Å². The first-order valence-electron chi connectivity index (χ1n) is 9.77. The molecule has 0 saturated heterocycles. The van der Waals surface area contributed by atoms with E-state index in [0.29, 0.717) is 30.9 Å². The van der Waals surface area contributed by atoms with Gasteiger partial charge >= 0.3 is 6.18 Å². The van der Waals surface area contributed by atoms with Gasteiger partial charge < -0.3 is 4.90 Å². The second kappa shape index (κ2) is 6.76. The summed E-state index contributed by atoms with van der Waals surface area (Å²) in [5.41, 5.74) is 5.32. The van der Waals surface area contributed by atoms with Crippen molar-refractivity contribution in [1.29, 1.82) is 0 Å². The number of alkyl halides is 3. The van der Waals surface area contributed by atoms with Crippen molar-refractivity contribution < 1.29 is 13.2 Å². The minimum absolute atomic E-state index is 0.115. The fourth-order valence-corrected chi connectivity index (χ4v) is 3.94. The summed E-state index contributed by atoms with van der Waals surface area (Å²) in [5.74, 6) is -0.635. The molecule has 5 rings (SSSR count). The lowest BCUT2D eigenvalue weighted by Gasteiger charge is -2.31. The molecule has 11 heteroatoms. The Balaban J connectivity index is 1.57. The van der Waals surface area contributed by atoms with Gasteiger partial charge in [-0.3, -0.25) is 4.98 Å². The molecule has 0 bridgehead atoms. The minimum atomic E-state index is -4.64. The summed E-state index contributed by atoms with van der Waals surface area (Å²) >= 11 is 0. The maximum atomic E-state index is 13.4. The van der Waals surface area contributed by atoms with Crippen LogP contribution in [-0.4, -0.2) is 41.1 Å². The number of fused-ring (bicyclic) bond motifs is 2. The van der Waals surface area contributed by atoms with Crippen molar-refractivity contribution in [2.24, 2.45) is 0 Å². The van der Waals surface area contributed by atoms with Crippen LogP contribution in [0.3, 0.4) is 0 Å². The van der Waals surface area contributed by atoms with Crippen LogP contribution in [0, 0.1) is 20.8 Å². The molecule has 0 aromatic carbocycles. The molecule has 0 atom stereocenters. The van der Waals surface area contributed by atoms with Crippen molar-refractivity contribution in [3.63, 3.8) is 0 Å². The van der Waals surface area contributed by atoms with E-state index >= 15 is 0 Å². The molecule has 1 aliphatic heterocycles. The number of nitrogens with zero attached hydrogens (tertiary/aromatic N) is 8. The lowest BCUT2D eigenvalue weighted by Crippen LogP contribution is -2.33. The first kappa shape index (κ1) is 19.5. The van der Waals surface area contributed by atoms with Crippen LogP contribution in [0.15, 0.2) is 24.5 Å². The van der Waals surface area contributed by atoms with Crippen LogP contribution in [0.2, 0.25) is 0 Å². The second-order valence-electron chi connectivity index (χ2n) is 7.69. The van der Waals surface area contributed by atoms with Gasteiger partial charge in [-0.25, -0.2) is 4.68 Å². The predicted molar refractivity (Wildman–Crippen MR) is 106 cm³/mol. The number of anilines is 1. The predicted octanol–water partition coefficient (Wildman–Crippen LogP) is 3.21. The average molecular weight is 428 g/mol. The summed E-state index contributed by atoms with van der Waals surface area (Å²) in [4.78, 5) is 6.57. The number of aromatic nitrogens is 7. The molecule has 31 heavy (non-hydrogen) atoms. The fourth-order valence-electron chi connectivity index (χ4n) is 3.94. The van der Waals surface area contributed by atoms with Crippen LogP contribution in [-0.2, 0) is 19.1 Å². The zero-order valence-corrected chi connectivity index (χ0v) is 17.1. The van der Waals surface area contributed by atoms with Gasteiger partial charge in [-0.15, -0.1) is 15.3 Å². The molecular formula is C20H19F3N8. The summed E-state index contributed by atoms with van der Waals surface area (Å²) in [5, 5.41) is 15.7. The minimum Gasteiger partial charge on any atom is -0.350 e. The molecule has 4 aromatic heterocycles. The normalized spacial score (nSPS) is 14.3. The Morgan fingerprint density at radius 2 is 1.87 bits per heavy atom. The Kier molecular flexibility index (Phi) is 4.24. The van der Waals surface area contributed by atoms with E-state index in [9.17, 15) is 13.2 Å². The van der Waals surface area contributed by atoms with Crippen molar-refractivity contribution in [2.45, 2.75) is 39.9 Å². The quantitative estimate of drug-likeness (QED) is 0.488. The van der Waals surface area contributed by atoms with Crippen LogP contribution in [0.4, 0.5) is 19.0 Å². The summed E-state index contributed by atoms with van der Waals surface area (Å²) in [6.45, 7) is 6.63. The summed E-state index contributed by atoms with van der Waals surface area (Å²) in [6.07, 6.45) is -0.453. The van der Waals surface area contributed by atoms with Gasteiger partial charge in [-0.2, -0.15) is 22.8 Å². The molecule has 0 unspecified atom stereocenters. The smallest absolute Gasteiger partial charge is 0.350 e. The Hall–Kier alpha value is -3.50. The van der Waals surface area contributed by atoms with E-state index in [2.05, 4.69) is 25.4 Å². The highest BCUT2D eigenvalue weighted by Crippen LogP contribution is 2.32. The molecule has 0 amide bonds. The van der Waals surface area contributed by atoms with Crippen molar-refractivity contribution >= 4 is 11.5 Å². The van der Waals surface area contributed by atoms with Crippen LogP contribution < -0.4 is 4.90 Å². The average Bonchev–Trinajstić information content (AvgIpc) is 3.36. The summed E-state index contributed by atoms with van der Waals surface area (Å²) in [6, 6.07) is 3.93. The van der Waals surface area contributed by atoms with Crippen LogP contribution >= 0.6 is 0 Å². The molecule has 0 radical (unpaired) electrons. The van der Waals surface area contributed by atoms with Crippen LogP contribution in [0.1, 0.15) is 33.9 Å². The highest BCUT2D eigenvalue weighted by molar-refractivity contribution is 5.60. The number of halogens is 3. The number of hydrogen-bond donors (Lipinski definition) is 0. The molecule has 5 heterocycles. The van der Waals surface area contributed by atoms with E-state index in [1.807, 2.05) is 30.9 Å². The molecule has 1 aliphatic rings. The molecule has 0 saturated carbocycles. The van der Waals surface area contributed by atoms with Gasteiger partial charge in [0.25, 0.3) is 5.82 Å². The van der Waals surface area contributed by atoms with E-state index < -0.39 is 12.0 Å². The third-order valence-corrected chi connectivity index (χ3v) is 5.72. The maximum absolute atomic E-state index is 13.4. The Labute approximate surface area is 175 Å². The first-order valence-corrected chi connectivity index (χ1v) is 9.77.